The Labute approximate surface area is 104 Å². The number of aliphatic hydroxyl groups is 1. The molecule has 0 saturated carbocycles. The van der Waals surface area contributed by atoms with E-state index in [2.05, 4.69) is 0 Å². The van der Waals surface area contributed by atoms with Crippen molar-refractivity contribution in [3.8, 4) is 5.75 Å². The first kappa shape index (κ1) is 14.8. The van der Waals surface area contributed by atoms with Crippen LogP contribution in [0.25, 0.3) is 0 Å². The van der Waals surface area contributed by atoms with Crippen LogP contribution in [0.5, 0.6) is 5.75 Å². The number of benzene rings is 1. The van der Waals surface area contributed by atoms with Gasteiger partial charge in [0.25, 0.3) is 0 Å². The largest absolute Gasteiger partial charge is 0.497 e. The second-order valence-electron chi connectivity index (χ2n) is 5.19. The van der Waals surface area contributed by atoms with Crippen molar-refractivity contribution in [1.29, 1.82) is 0 Å². The van der Waals surface area contributed by atoms with E-state index in [1.807, 2.05) is 0 Å². The third kappa shape index (κ3) is 2.32. The van der Waals surface area contributed by atoms with Crippen LogP contribution in [0.4, 0.5) is 13.2 Å². The van der Waals surface area contributed by atoms with E-state index in [1.165, 1.54) is 52.1 Å². The average molecular weight is 262 g/mol. The van der Waals surface area contributed by atoms with E-state index in [9.17, 15) is 18.3 Å². The van der Waals surface area contributed by atoms with Gasteiger partial charge in [-0.3, -0.25) is 0 Å². The Hall–Kier alpha value is -1.23. The van der Waals surface area contributed by atoms with E-state index in [0.29, 0.717) is 0 Å². The maximum absolute atomic E-state index is 13.2. The van der Waals surface area contributed by atoms with Gasteiger partial charge in [-0.1, -0.05) is 32.9 Å². The third-order valence-corrected chi connectivity index (χ3v) is 2.98. The van der Waals surface area contributed by atoms with Gasteiger partial charge in [-0.25, -0.2) is 0 Å². The summed E-state index contributed by atoms with van der Waals surface area (Å²) in [6.45, 7) is 4.04. The van der Waals surface area contributed by atoms with E-state index < -0.39 is 17.2 Å². The lowest BCUT2D eigenvalue weighted by atomic mass is 9.71. The Morgan fingerprint density at radius 1 is 1.11 bits per heavy atom. The molecule has 0 heterocycles. The molecule has 2 nitrogen and oxygen atoms in total. The van der Waals surface area contributed by atoms with E-state index >= 15 is 0 Å². The smallest absolute Gasteiger partial charge is 0.421 e. The van der Waals surface area contributed by atoms with E-state index in [-0.39, 0.29) is 11.3 Å². The van der Waals surface area contributed by atoms with Crippen molar-refractivity contribution >= 4 is 0 Å². The molecule has 0 amide bonds. The van der Waals surface area contributed by atoms with Crippen molar-refractivity contribution in [2.75, 3.05) is 7.11 Å². The summed E-state index contributed by atoms with van der Waals surface area (Å²) in [4.78, 5) is 0. The van der Waals surface area contributed by atoms with Gasteiger partial charge in [0.2, 0.25) is 0 Å². The van der Waals surface area contributed by atoms with Gasteiger partial charge in [0, 0.05) is 5.41 Å². The standard InChI is InChI=1S/C13H17F3O2/c1-11(2,3)12(17,13(14,15)16)9-6-5-7-10(8-9)18-4/h5-8,17H,1-4H3. The monoisotopic (exact) mass is 262 g/mol. The number of alkyl halides is 3. The minimum absolute atomic E-state index is 0.221. The minimum Gasteiger partial charge on any atom is -0.497 e. The van der Waals surface area contributed by atoms with E-state index in [0.717, 1.165) is 0 Å². The topological polar surface area (TPSA) is 29.5 Å². The zero-order valence-corrected chi connectivity index (χ0v) is 10.8. The van der Waals surface area contributed by atoms with Gasteiger partial charge in [0.05, 0.1) is 7.11 Å². The molecule has 1 N–H and O–H groups in total. The van der Waals surface area contributed by atoms with Gasteiger partial charge in [0.1, 0.15) is 5.75 Å². The van der Waals surface area contributed by atoms with E-state index in [1.54, 1.807) is 0 Å². The minimum atomic E-state index is -4.77. The molecule has 0 spiro atoms. The quantitative estimate of drug-likeness (QED) is 0.884. The van der Waals surface area contributed by atoms with Crippen molar-refractivity contribution in [3.05, 3.63) is 29.8 Å². The molecule has 1 rings (SSSR count). The van der Waals surface area contributed by atoms with Crippen molar-refractivity contribution in [2.45, 2.75) is 32.5 Å². The molecule has 0 fully saturated rings. The molecule has 0 aliphatic heterocycles. The molecule has 1 unspecified atom stereocenters. The first-order valence-electron chi connectivity index (χ1n) is 5.47. The van der Waals surface area contributed by atoms with Gasteiger partial charge in [-0.15, -0.1) is 0 Å². The van der Waals surface area contributed by atoms with Crippen molar-refractivity contribution in [1.82, 2.24) is 0 Å². The molecular weight excluding hydrogens is 245 g/mol. The molecule has 5 heteroatoms. The maximum atomic E-state index is 13.2. The van der Waals surface area contributed by atoms with E-state index in [4.69, 9.17) is 4.74 Å². The highest BCUT2D eigenvalue weighted by Gasteiger charge is 2.61. The van der Waals surface area contributed by atoms with Crippen molar-refractivity contribution < 1.29 is 23.0 Å². The van der Waals surface area contributed by atoms with Crippen LogP contribution in [0.15, 0.2) is 24.3 Å². The summed E-state index contributed by atoms with van der Waals surface area (Å²) in [5.74, 6) is 0.277. The summed E-state index contributed by atoms with van der Waals surface area (Å²) in [6, 6.07) is 5.42. The van der Waals surface area contributed by atoms with Crippen LogP contribution in [-0.4, -0.2) is 18.4 Å². The summed E-state index contributed by atoms with van der Waals surface area (Å²) < 4.78 is 44.6. The molecule has 0 aliphatic carbocycles. The van der Waals surface area contributed by atoms with Crippen molar-refractivity contribution in [3.63, 3.8) is 0 Å². The lowest BCUT2D eigenvalue weighted by molar-refractivity contribution is -0.302. The van der Waals surface area contributed by atoms with Gasteiger partial charge < -0.3 is 9.84 Å². The van der Waals surface area contributed by atoms with Crippen LogP contribution in [0, 0.1) is 5.41 Å². The molecule has 0 aliphatic rings. The summed E-state index contributed by atoms with van der Waals surface area (Å²) in [5, 5.41) is 10.2. The predicted molar refractivity (Wildman–Crippen MR) is 62.4 cm³/mol. The van der Waals surface area contributed by atoms with Crippen LogP contribution in [0.3, 0.4) is 0 Å². The Bertz CT molecular complexity index is 405. The highest BCUT2D eigenvalue weighted by Crippen LogP contribution is 2.50. The summed E-state index contributed by atoms with van der Waals surface area (Å²) in [7, 11) is 1.36. The molecule has 102 valence electrons. The fourth-order valence-electron chi connectivity index (χ4n) is 1.87. The van der Waals surface area contributed by atoms with Crippen LogP contribution in [0.1, 0.15) is 26.3 Å². The second-order valence-corrected chi connectivity index (χ2v) is 5.19. The van der Waals surface area contributed by atoms with Crippen LogP contribution in [-0.2, 0) is 5.60 Å². The summed E-state index contributed by atoms with van der Waals surface area (Å²) in [6.07, 6.45) is -4.77. The van der Waals surface area contributed by atoms with Gasteiger partial charge in [-0.2, -0.15) is 13.2 Å². The van der Waals surface area contributed by atoms with Gasteiger partial charge in [-0.05, 0) is 17.7 Å². The number of halogens is 3. The SMILES string of the molecule is COc1cccc(C(O)(C(C)(C)C)C(F)(F)F)c1. The molecule has 1 aromatic carbocycles. The first-order chi connectivity index (χ1) is 8.04. The molecule has 1 atom stereocenters. The fourth-order valence-corrected chi connectivity index (χ4v) is 1.87. The Balaban J connectivity index is 3.45. The molecule has 0 radical (unpaired) electrons. The number of ether oxygens (including phenoxy) is 1. The molecule has 1 aromatic rings. The number of methoxy groups -OCH3 is 1. The maximum Gasteiger partial charge on any atom is 0.421 e. The molecule has 0 saturated heterocycles. The molecular formula is C13H17F3O2. The van der Waals surface area contributed by atoms with Crippen molar-refractivity contribution in [2.24, 2.45) is 5.41 Å². The Morgan fingerprint density at radius 3 is 2.06 bits per heavy atom. The normalized spacial score (nSPS) is 16.2. The zero-order chi connectivity index (χ0) is 14.2. The molecule has 0 aromatic heterocycles. The van der Waals surface area contributed by atoms with Crippen LogP contribution in [0.2, 0.25) is 0 Å². The van der Waals surface area contributed by atoms with Crippen LogP contribution < -0.4 is 4.74 Å². The zero-order valence-electron chi connectivity index (χ0n) is 10.8. The average Bonchev–Trinajstić information content (AvgIpc) is 2.25. The first-order valence-corrected chi connectivity index (χ1v) is 5.47. The molecule has 18 heavy (non-hydrogen) atoms. The van der Waals surface area contributed by atoms with Gasteiger partial charge >= 0.3 is 6.18 Å². The highest BCUT2D eigenvalue weighted by atomic mass is 19.4. The summed E-state index contributed by atoms with van der Waals surface area (Å²) >= 11 is 0. The lowest BCUT2D eigenvalue weighted by Crippen LogP contribution is -2.52. The third-order valence-electron chi connectivity index (χ3n) is 2.98. The lowest BCUT2D eigenvalue weighted by Gasteiger charge is -2.41. The Morgan fingerprint density at radius 2 is 1.67 bits per heavy atom. The number of rotatable bonds is 2. The van der Waals surface area contributed by atoms with Crippen LogP contribution >= 0.6 is 0 Å². The second kappa shape index (κ2) is 4.46. The molecule has 0 bridgehead atoms. The Kier molecular flexibility index (Phi) is 3.68. The number of hydrogen-bond acceptors (Lipinski definition) is 2. The predicted octanol–water partition coefficient (Wildman–Crippen LogP) is 3.49. The fraction of sp³-hybridized carbons (Fsp3) is 0.538. The number of hydrogen-bond donors (Lipinski definition) is 1. The van der Waals surface area contributed by atoms with Gasteiger partial charge in [0.15, 0.2) is 5.60 Å². The highest BCUT2D eigenvalue weighted by molar-refractivity contribution is 5.34. The summed E-state index contributed by atoms with van der Waals surface area (Å²) in [5.41, 5.74) is -4.53.